The Morgan fingerprint density at radius 2 is 1.88 bits per heavy atom. The third-order valence-corrected chi connectivity index (χ3v) is 4.82. The summed E-state index contributed by atoms with van der Waals surface area (Å²) in [5, 5.41) is 0.992. The van der Waals surface area contributed by atoms with Crippen molar-refractivity contribution in [1.82, 2.24) is 19.9 Å². The SMILES string of the molecule is CC[C@H](NC(=O)c1cn(-c2ncc(F)cc2F)c2nc(Cl)ccc2c1=O)C(F)(F)C(F)(F)F. The number of rotatable bonds is 5. The smallest absolute Gasteiger partial charge is 0.343 e. The molecule has 0 bridgehead atoms. The van der Waals surface area contributed by atoms with E-state index < -0.39 is 58.9 Å². The number of nitrogens with one attached hydrogen (secondary N) is 1. The predicted octanol–water partition coefficient (Wildman–Crippen LogP) is 4.42. The van der Waals surface area contributed by atoms with Crippen molar-refractivity contribution in [3.63, 3.8) is 0 Å². The highest BCUT2D eigenvalue weighted by molar-refractivity contribution is 6.29. The molecule has 3 rings (SSSR count). The van der Waals surface area contributed by atoms with E-state index in [1.807, 2.05) is 0 Å². The van der Waals surface area contributed by atoms with Gasteiger partial charge in [-0.1, -0.05) is 18.5 Å². The minimum Gasteiger partial charge on any atom is -0.343 e. The van der Waals surface area contributed by atoms with E-state index in [0.29, 0.717) is 18.5 Å². The minimum atomic E-state index is -5.97. The second-order valence-electron chi connectivity index (χ2n) is 6.76. The molecule has 0 aliphatic heterocycles. The Morgan fingerprint density at radius 1 is 1.21 bits per heavy atom. The van der Waals surface area contributed by atoms with Crippen LogP contribution in [0.2, 0.25) is 5.15 Å². The molecule has 0 saturated carbocycles. The van der Waals surface area contributed by atoms with Crippen molar-refractivity contribution in [2.24, 2.45) is 0 Å². The Bertz CT molecular complexity index is 1290. The molecule has 0 aromatic carbocycles. The number of fused-ring (bicyclic) bond motifs is 1. The summed E-state index contributed by atoms with van der Waals surface area (Å²) in [6, 6.07) is -0.0347. The summed E-state index contributed by atoms with van der Waals surface area (Å²) in [6.07, 6.45) is -5.54. The maximum atomic E-state index is 14.4. The van der Waals surface area contributed by atoms with Gasteiger partial charge in [-0.05, 0) is 18.6 Å². The lowest BCUT2D eigenvalue weighted by molar-refractivity contribution is -0.292. The molecule has 0 aliphatic carbocycles. The fourth-order valence-corrected chi connectivity index (χ4v) is 3.11. The lowest BCUT2D eigenvalue weighted by atomic mass is 10.1. The van der Waals surface area contributed by atoms with Crippen LogP contribution in [-0.4, -0.2) is 38.6 Å². The fourth-order valence-electron chi connectivity index (χ4n) is 2.97. The van der Waals surface area contributed by atoms with Gasteiger partial charge in [0.2, 0.25) is 5.43 Å². The number of halogens is 8. The summed E-state index contributed by atoms with van der Waals surface area (Å²) in [4.78, 5) is 32.8. The highest BCUT2D eigenvalue weighted by atomic mass is 35.5. The van der Waals surface area contributed by atoms with Gasteiger partial charge in [-0.25, -0.2) is 18.7 Å². The Hall–Kier alpha value is -3.22. The molecule has 3 aromatic heterocycles. The largest absolute Gasteiger partial charge is 0.455 e. The summed E-state index contributed by atoms with van der Waals surface area (Å²) < 4.78 is 94.1. The van der Waals surface area contributed by atoms with Gasteiger partial charge in [-0.3, -0.25) is 14.2 Å². The van der Waals surface area contributed by atoms with E-state index in [1.165, 1.54) is 5.32 Å². The van der Waals surface area contributed by atoms with Crippen LogP contribution in [-0.2, 0) is 0 Å². The lowest BCUT2D eigenvalue weighted by Crippen LogP contribution is -2.55. The first-order valence-corrected chi connectivity index (χ1v) is 9.44. The average Bonchev–Trinajstić information content (AvgIpc) is 2.71. The van der Waals surface area contributed by atoms with Gasteiger partial charge in [0.25, 0.3) is 5.91 Å². The van der Waals surface area contributed by atoms with Gasteiger partial charge in [-0.2, -0.15) is 22.0 Å². The maximum absolute atomic E-state index is 14.4. The van der Waals surface area contributed by atoms with Crippen molar-refractivity contribution in [2.45, 2.75) is 31.5 Å². The first kappa shape index (κ1) is 24.4. The molecule has 0 radical (unpaired) electrons. The minimum absolute atomic E-state index is 0.161. The van der Waals surface area contributed by atoms with Crippen LogP contribution in [0.3, 0.4) is 0 Å². The molecule has 0 saturated heterocycles. The van der Waals surface area contributed by atoms with Gasteiger partial charge in [0.1, 0.15) is 22.6 Å². The number of nitrogens with zero attached hydrogens (tertiary/aromatic N) is 3. The molecule has 0 aliphatic rings. The number of amides is 1. The predicted molar refractivity (Wildman–Crippen MR) is 103 cm³/mol. The Balaban J connectivity index is 2.20. The number of alkyl halides is 5. The van der Waals surface area contributed by atoms with Crippen molar-refractivity contribution in [3.05, 3.63) is 63.2 Å². The van der Waals surface area contributed by atoms with Crippen molar-refractivity contribution in [3.8, 4) is 5.82 Å². The second kappa shape index (κ2) is 8.61. The molecule has 14 heteroatoms. The molecule has 1 N–H and O–H groups in total. The summed E-state index contributed by atoms with van der Waals surface area (Å²) >= 11 is 5.81. The van der Waals surface area contributed by atoms with Gasteiger partial charge in [0.05, 0.1) is 11.6 Å². The number of carbonyl (C=O) groups is 1. The first-order chi connectivity index (χ1) is 15.3. The standard InChI is InChI=1S/C19H12ClF7N4O2/c1-2-12(18(23,24)19(25,26)27)29-17(33)10-7-31(16-11(22)5-8(21)6-28-16)15-9(14(10)32)3-4-13(20)30-15/h3-7,12H,2H2,1H3,(H,29,33)/t12-/m0/s1. The van der Waals surface area contributed by atoms with Crippen LogP contribution in [0.5, 0.6) is 0 Å². The molecule has 0 fully saturated rings. The molecule has 33 heavy (non-hydrogen) atoms. The number of hydrogen-bond acceptors (Lipinski definition) is 4. The van der Waals surface area contributed by atoms with E-state index in [2.05, 4.69) is 9.97 Å². The Kier molecular flexibility index (Phi) is 6.37. The average molecular weight is 497 g/mol. The lowest BCUT2D eigenvalue weighted by Gasteiger charge is -2.28. The summed E-state index contributed by atoms with van der Waals surface area (Å²) in [5.74, 6) is -9.82. The van der Waals surface area contributed by atoms with E-state index in [9.17, 15) is 40.3 Å². The molecule has 176 valence electrons. The van der Waals surface area contributed by atoms with Gasteiger partial charge < -0.3 is 5.32 Å². The number of aromatic nitrogens is 3. The zero-order valence-corrected chi connectivity index (χ0v) is 17.1. The Labute approximate surface area is 185 Å². The zero-order chi connectivity index (χ0) is 24.7. The molecule has 3 aromatic rings. The molecule has 1 atom stereocenters. The van der Waals surface area contributed by atoms with Crippen LogP contribution >= 0.6 is 11.6 Å². The van der Waals surface area contributed by atoms with Crippen molar-refractivity contribution in [2.75, 3.05) is 0 Å². The van der Waals surface area contributed by atoms with E-state index in [0.717, 1.165) is 23.6 Å². The highest BCUT2D eigenvalue weighted by Gasteiger charge is 2.62. The third kappa shape index (κ3) is 4.49. The molecule has 0 spiro atoms. The Morgan fingerprint density at radius 3 is 2.45 bits per heavy atom. The zero-order valence-electron chi connectivity index (χ0n) is 16.4. The highest BCUT2D eigenvalue weighted by Crippen LogP contribution is 2.39. The monoisotopic (exact) mass is 496 g/mol. The third-order valence-electron chi connectivity index (χ3n) is 4.61. The maximum Gasteiger partial charge on any atom is 0.455 e. The molecule has 6 nitrogen and oxygen atoms in total. The van der Waals surface area contributed by atoms with Crippen LogP contribution < -0.4 is 10.7 Å². The van der Waals surface area contributed by atoms with Gasteiger partial charge in [-0.15, -0.1) is 0 Å². The van der Waals surface area contributed by atoms with Gasteiger partial charge >= 0.3 is 12.1 Å². The quantitative estimate of drug-likeness (QED) is 0.419. The van der Waals surface area contributed by atoms with Crippen molar-refractivity contribution in [1.29, 1.82) is 0 Å². The van der Waals surface area contributed by atoms with Crippen LogP contribution in [0.1, 0.15) is 23.7 Å². The number of carbonyl (C=O) groups excluding carboxylic acids is 1. The van der Waals surface area contributed by atoms with E-state index in [1.54, 1.807) is 0 Å². The topological polar surface area (TPSA) is 76.9 Å². The first-order valence-electron chi connectivity index (χ1n) is 9.06. The number of pyridine rings is 3. The summed E-state index contributed by atoms with van der Waals surface area (Å²) in [6.45, 7) is 0.979. The molecular weight excluding hydrogens is 485 g/mol. The van der Waals surface area contributed by atoms with E-state index in [4.69, 9.17) is 11.6 Å². The summed E-state index contributed by atoms with van der Waals surface area (Å²) in [5.41, 5.74) is -2.33. The van der Waals surface area contributed by atoms with Crippen molar-refractivity contribution >= 4 is 28.5 Å². The van der Waals surface area contributed by atoms with Crippen LogP contribution in [0.25, 0.3) is 16.9 Å². The van der Waals surface area contributed by atoms with Crippen LogP contribution in [0.15, 0.2) is 35.4 Å². The molecule has 1 amide bonds. The molecule has 3 heterocycles. The van der Waals surface area contributed by atoms with Crippen molar-refractivity contribution < 1.29 is 35.5 Å². The summed E-state index contributed by atoms with van der Waals surface area (Å²) in [7, 11) is 0. The van der Waals surface area contributed by atoms with E-state index in [-0.39, 0.29) is 16.2 Å². The van der Waals surface area contributed by atoms with Crippen LogP contribution in [0, 0.1) is 11.6 Å². The second-order valence-corrected chi connectivity index (χ2v) is 7.15. The van der Waals surface area contributed by atoms with Crippen LogP contribution in [0.4, 0.5) is 30.7 Å². The van der Waals surface area contributed by atoms with E-state index >= 15 is 0 Å². The van der Waals surface area contributed by atoms with Gasteiger partial charge in [0, 0.05) is 12.3 Å². The molecular formula is C19H12ClF7N4O2. The normalized spacial score (nSPS) is 13.2. The van der Waals surface area contributed by atoms with Gasteiger partial charge in [0.15, 0.2) is 17.3 Å². The molecule has 0 unspecified atom stereocenters. The fraction of sp³-hybridized carbons (Fsp3) is 0.263. The number of hydrogen-bond donors (Lipinski definition) is 1.